The van der Waals surface area contributed by atoms with Crippen molar-refractivity contribution in [1.29, 1.82) is 0 Å². The Labute approximate surface area is 132 Å². The normalized spacial score (nSPS) is 17.0. The molecule has 0 aliphatic carbocycles. The second-order valence-electron chi connectivity index (χ2n) is 5.17. The molecule has 0 bridgehead atoms. The van der Waals surface area contributed by atoms with Gasteiger partial charge >= 0.3 is 6.09 Å². The third-order valence-corrected chi connectivity index (χ3v) is 3.52. The van der Waals surface area contributed by atoms with Crippen LogP contribution in [0.5, 0.6) is 0 Å². The lowest BCUT2D eigenvalue weighted by atomic mass is 10.2. The lowest BCUT2D eigenvalue weighted by Gasteiger charge is -2.12. The Morgan fingerprint density at radius 3 is 2.74 bits per heavy atom. The quantitative estimate of drug-likeness (QED) is 0.943. The van der Waals surface area contributed by atoms with Crippen molar-refractivity contribution in [1.82, 2.24) is 5.32 Å². The van der Waals surface area contributed by atoms with Crippen molar-refractivity contribution < 1.29 is 18.7 Å². The maximum absolute atomic E-state index is 13.1. The fraction of sp³-hybridized carbons (Fsp3) is 0.176. The van der Waals surface area contributed by atoms with Gasteiger partial charge in [-0.05, 0) is 30.3 Å². The van der Waals surface area contributed by atoms with Crippen LogP contribution in [0.25, 0.3) is 0 Å². The summed E-state index contributed by atoms with van der Waals surface area (Å²) >= 11 is 0. The van der Waals surface area contributed by atoms with E-state index in [1.807, 2.05) is 30.3 Å². The SMILES string of the molecule is O=C(NCC1CN(c2ccccc2)C(=O)O1)c1cccc(F)c1. The van der Waals surface area contributed by atoms with E-state index in [2.05, 4.69) is 5.32 Å². The molecule has 0 spiro atoms. The Kier molecular flexibility index (Phi) is 4.23. The zero-order valence-corrected chi connectivity index (χ0v) is 12.2. The van der Waals surface area contributed by atoms with Crippen molar-refractivity contribution in [2.24, 2.45) is 0 Å². The maximum Gasteiger partial charge on any atom is 0.414 e. The number of amides is 2. The summed E-state index contributed by atoms with van der Waals surface area (Å²) in [6, 6.07) is 14.6. The highest BCUT2D eigenvalue weighted by atomic mass is 19.1. The van der Waals surface area contributed by atoms with Gasteiger partial charge in [-0.15, -0.1) is 0 Å². The van der Waals surface area contributed by atoms with Crippen LogP contribution in [0.4, 0.5) is 14.9 Å². The molecular weight excluding hydrogens is 299 g/mol. The predicted octanol–water partition coefficient (Wildman–Crippen LogP) is 2.58. The minimum absolute atomic E-state index is 0.171. The first-order chi connectivity index (χ1) is 11.1. The van der Waals surface area contributed by atoms with E-state index in [-0.39, 0.29) is 12.1 Å². The molecule has 1 fully saturated rings. The summed E-state index contributed by atoms with van der Waals surface area (Å²) in [4.78, 5) is 25.4. The first-order valence-corrected chi connectivity index (χ1v) is 7.20. The Morgan fingerprint density at radius 1 is 1.22 bits per heavy atom. The fourth-order valence-electron chi connectivity index (χ4n) is 2.38. The number of nitrogens with one attached hydrogen (secondary N) is 1. The lowest BCUT2D eigenvalue weighted by Crippen LogP contribution is -2.34. The van der Waals surface area contributed by atoms with Crippen molar-refractivity contribution in [3.05, 3.63) is 66.0 Å². The molecule has 118 valence electrons. The smallest absolute Gasteiger partial charge is 0.414 e. The Bertz CT molecular complexity index is 721. The number of benzene rings is 2. The van der Waals surface area contributed by atoms with Gasteiger partial charge in [-0.25, -0.2) is 9.18 Å². The van der Waals surface area contributed by atoms with Gasteiger partial charge in [0, 0.05) is 11.3 Å². The number of hydrogen-bond acceptors (Lipinski definition) is 3. The van der Waals surface area contributed by atoms with Crippen LogP contribution in [-0.4, -0.2) is 31.2 Å². The molecule has 2 aromatic carbocycles. The summed E-state index contributed by atoms with van der Waals surface area (Å²) in [7, 11) is 0. The summed E-state index contributed by atoms with van der Waals surface area (Å²) in [6.45, 7) is 0.525. The third-order valence-electron chi connectivity index (χ3n) is 3.52. The number of halogens is 1. The minimum Gasteiger partial charge on any atom is -0.442 e. The molecule has 1 saturated heterocycles. The van der Waals surface area contributed by atoms with Gasteiger partial charge in [0.15, 0.2) is 0 Å². The Balaban J connectivity index is 1.58. The van der Waals surface area contributed by atoms with Crippen LogP contribution >= 0.6 is 0 Å². The van der Waals surface area contributed by atoms with Gasteiger partial charge < -0.3 is 10.1 Å². The molecule has 2 amide bonds. The highest BCUT2D eigenvalue weighted by molar-refractivity contribution is 5.94. The van der Waals surface area contributed by atoms with E-state index >= 15 is 0 Å². The van der Waals surface area contributed by atoms with Crippen molar-refractivity contribution in [3.8, 4) is 0 Å². The first kappa shape index (κ1) is 15.0. The van der Waals surface area contributed by atoms with Crippen LogP contribution in [0, 0.1) is 5.82 Å². The molecule has 6 heteroatoms. The monoisotopic (exact) mass is 314 g/mol. The molecule has 1 N–H and O–H groups in total. The first-order valence-electron chi connectivity index (χ1n) is 7.20. The Morgan fingerprint density at radius 2 is 2.00 bits per heavy atom. The van der Waals surface area contributed by atoms with Crippen LogP contribution in [0.15, 0.2) is 54.6 Å². The number of carbonyl (C=O) groups excluding carboxylic acids is 2. The second kappa shape index (κ2) is 6.48. The van der Waals surface area contributed by atoms with E-state index in [4.69, 9.17) is 4.74 Å². The van der Waals surface area contributed by atoms with Crippen LogP contribution < -0.4 is 10.2 Å². The molecule has 1 unspecified atom stereocenters. The molecule has 1 aliphatic heterocycles. The average Bonchev–Trinajstić information content (AvgIpc) is 2.94. The molecular formula is C17H15FN2O3. The third kappa shape index (κ3) is 3.48. The van der Waals surface area contributed by atoms with Crippen molar-refractivity contribution in [2.45, 2.75) is 6.10 Å². The van der Waals surface area contributed by atoms with E-state index in [0.717, 1.165) is 11.8 Å². The number of carbonyl (C=O) groups is 2. The van der Waals surface area contributed by atoms with Gasteiger partial charge in [-0.3, -0.25) is 9.69 Å². The molecule has 2 aromatic rings. The molecule has 1 atom stereocenters. The van der Waals surface area contributed by atoms with E-state index in [0.29, 0.717) is 6.54 Å². The van der Waals surface area contributed by atoms with Gasteiger partial charge in [0.05, 0.1) is 13.1 Å². The van der Waals surface area contributed by atoms with Crippen LogP contribution in [-0.2, 0) is 4.74 Å². The van der Waals surface area contributed by atoms with Gasteiger partial charge in [0.25, 0.3) is 5.91 Å². The van der Waals surface area contributed by atoms with Crippen molar-refractivity contribution >= 4 is 17.7 Å². The van der Waals surface area contributed by atoms with E-state index in [1.165, 1.54) is 23.1 Å². The molecule has 5 nitrogen and oxygen atoms in total. The molecule has 1 heterocycles. The summed E-state index contributed by atoms with van der Waals surface area (Å²) in [5.41, 5.74) is 0.977. The zero-order valence-electron chi connectivity index (χ0n) is 12.2. The highest BCUT2D eigenvalue weighted by Gasteiger charge is 2.32. The zero-order chi connectivity index (χ0) is 16.2. The maximum atomic E-state index is 13.1. The number of hydrogen-bond donors (Lipinski definition) is 1. The number of anilines is 1. The molecule has 23 heavy (non-hydrogen) atoms. The molecule has 0 saturated carbocycles. The summed E-state index contributed by atoms with van der Waals surface area (Å²) in [6.07, 6.45) is -0.888. The Hall–Kier alpha value is -2.89. The van der Waals surface area contributed by atoms with Crippen molar-refractivity contribution in [3.63, 3.8) is 0 Å². The largest absolute Gasteiger partial charge is 0.442 e. The van der Waals surface area contributed by atoms with Crippen molar-refractivity contribution in [2.75, 3.05) is 18.0 Å². The number of cyclic esters (lactones) is 1. The minimum atomic E-state index is -0.472. The predicted molar refractivity (Wildman–Crippen MR) is 82.8 cm³/mol. The summed E-state index contributed by atoms with van der Waals surface area (Å²) < 4.78 is 18.3. The van der Waals surface area contributed by atoms with E-state index < -0.39 is 23.9 Å². The lowest BCUT2D eigenvalue weighted by molar-refractivity contribution is 0.0915. The number of ether oxygens (including phenoxy) is 1. The van der Waals surface area contributed by atoms with Crippen LogP contribution in [0.3, 0.4) is 0 Å². The van der Waals surface area contributed by atoms with Gasteiger partial charge in [0.1, 0.15) is 11.9 Å². The summed E-state index contributed by atoms with van der Waals surface area (Å²) in [5, 5.41) is 2.65. The molecule has 0 radical (unpaired) electrons. The van der Waals surface area contributed by atoms with Gasteiger partial charge in [-0.1, -0.05) is 24.3 Å². The number of rotatable bonds is 4. The van der Waals surface area contributed by atoms with E-state index in [9.17, 15) is 14.0 Å². The molecule has 1 aliphatic rings. The number of nitrogens with zero attached hydrogens (tertiary/aromatic N) is 1. The topological polar surface area (TPSA) is 58.6 Å². The summed E-state index contributed by atoms with van der Waals surface area (Å²) in [5.74, 6) is -0.876. The standard InChI is InChI=1S/C17H15FN2O3/c18-13-6-4-5-12(9-13)16(21)19-10-15-11-20(17(22)23-15)14-7-2-1-3-8-14/h1-9,15H,10-11H2,(H,19,21). The van der Waals surface area contributed by atoms with Crippen LogP contribution in [0.2, 0.25) is 0 Å². The number of para-hydroxylation sites is 1. The fourth-order valence-corrected chi connectivity index (χ4v) is 2.38. The van der Waals surface area contributed by atoms with E-state index in [1.54, 1.807) is 0 Å². The van der Waals surface area contributed by atoms with Gasteiger partial charge in [0.2, 0.25) is 0 Å². The van der Waals surface area contributed by atoms with Gasteiger partial charge in [-0.2, -0.15) is 0 Å². The highest BCUT2D eigenvalue weighted by Crippen LogP contribution is 2.20. The molecule has 0 aromatic heterocycles. The second-order valence-corrected chi connectivity index (χ2v) is 5.17. The average molecular weight is 314 g/mol. The molecule has 3 rings (SSSR count). The van der Waals surface area contributed by atoms with Crippen LogP contribution in [0.1, 0.15) is 10.4 Å².